The third-order valence-electron chi connectivity index (χ3n) is 2.14. The molecule has 17 heavy (non-hydrogen) atoms. The zero-order valence-electron chi connectivity index (χ0n) is 8.91. The van der Waals surface area contributed by atoms with Crippen LogP contribution in [0.25, 0.3) is 6.08 Å². The molecule has 2 N–H and O–H groups in total. The number of carbonyl (C=O) groups excluding carboxylic acids is 1. The molecule has 4 nitrogen and oxygen atoms in total. The van der Waals surface area contributed by atoms with Crippen molar-refractivity contribution in [3.05, 3.63) is 33.1 Å². The maximum atomic E-state index is 11.5. The van der Waals surface area contributed by atoms with Crippen LogP contribution in [0.1, 0.15) is 5.56 Å². The molecule has 1 fully saturated rings. The minimum atomic E-state index is -0.248. The van der Waals surface area contributed by atoms with Crippen molar-refractivity contribution in [3.63, 3.8) is 0 Å². The highest BCUT2D eigenvalue weighted by Crippen LogP contribution is 2.30. The number of hydrogen-bond acceptors (Lipinski definition) is 4. The molecular formula is C11H9BrN2O2S. The highest BCUT2D eigenvalue weighted by molar-refractivity contribution is 9.10. The fraction of sp³-hybridized carbons (Fsp3) is 0.0909. The van der Waals surface area contributed by atoms with Crippen LogP contribution >= 0.6 is 27.7 Å². The fourth-order valence-electron chi connectivity index (χ4n) is 1.40. The number of nitrogens with one attached hydrogen (secondary N) is 2. The van der Waals surface area contributed by atoms with Gasteiger partial charge in [-0.05, 0) is 36.0 Å². The molecule has 2 rings (SSSR count). The Morgan fingerprint density at radius 1 is 1.53 bits per heavy atom. The number of hydrogen-bond donors (Lipinski definition) is 2. The van der Waals surface area contributed by atoms with Crippen LogP contribution in [0.4, 0.5) is 0 Å². The summed E-state index contributed by atoms with van der Waals surface area (Å²) in [7, 11) is 1.58. The summed E-state index contributed by atoms with van der Waals surface area (Å²) in [5, 5.41) is 9.94. The first kappa shape index (κ1) is 12.2. The van der Waals surface area contributed by atoms with Crippen molar-refractivity contribution in [1.82, 2.24) is 5.32 Å². The molecule has 0 saturated carbocycles. The zero-order chi connectivity index (χ0) is 12.4. The molecule has 1 saturated heterocycles. The van der Waals surface area contributed by atoms with Gasteiger partial charge in [-0.3, -0.25) is 10.2 Å². The Hall–Kier alpha value is -1.27. The number of thioether (sulfide) groups is 1. The third kappa shape index (κ3) is 2.70. The van der Waals surface area contributed by atoms with E-state index in [9.17, 15) is 4.79 Å². The summed E-state index contributed by atoms with van der Waals surface area (Å²) >= 11 is 4.47. The van der Waals surface area contributed by atoms with E-state index in [2.05, 4.69) is 21.2 Å². The topological polar surface area (TPSA) is 62.2 Å². The Balaban J connectivity index is 2.41. The lowest BCUT2D eigenvalue weighted by Crippen LogP contribution is -2.18. The van der Waals surface area contributed by atoms with E-state index in [1.54, 1.807) is 13.2 Å². The van der Waals surface area contributed by atoms with Crippen LogP contribution in [0, 0.1) is 5.41 Å². The van der Waals surface area contributed by atoms with Crippen LogP contribution in [-0.2, 0) is 4.79 Å². The summed E-state index contributed by atoms with van der Waals surface area (Å²) in [4.78, 5) is 12.0. The SMILES string of the molecule is COc1ccc(Br)cc1C=C1SC(=N)NC1=O. The second-order valence-electron chi connectivity index (χ2n) is 3.28. The van der Waals surface area contributed by atoms with E-state index in [0.717, 1.165) is 21.8 Å². The van der Waals surface area contributed by atoms with Crippen LogP contribution in [-0.4, -0.2) is 18.2 Å². The molecule has 1 aliphatic rings. The van der Waals surface area contributed by atoms with Crippen molar-refractivity contribution in [3.8, 4) is 5.75 Å². The number of amidine groups is 1. The number of rotatable bonds is 2. The van der Waals surface area contributed by atoms with Gasteiger partial charge < -0.3 is 10.1 Å². The Labute approximate surface area is 111 Å². The molecule has 0 radical (unpaired) electrons. The molecule has 0 spiro atoms. The maximum absolute atomic E-state index is 11.5. The van der Waals surface area contributed by atoms with E-state index in [-0.39, 0.29) is 11.1 Å². The highest BCUT2D eigenvalue weighted by atomic mass is 79.9. The molecular weight excluding hydrogens is 304 g/mol. The van der Waals surface area contributed by atoms with Crippen LogP contribution in [0.2, 0.25) is 0 Å². The Bertz CT molecular complexity index is 528. The van der Waals surface area contributed by atoms with Gasteiger partial charge in [0, 0.05) is 10.0 Å². The van der Waals surface area contributed by atoms with E-state index in [4.69, 9.17) is 10.1 Å². The summed E-state index contributed by atoms with van der Waals surface area (Å²) in [6.07, 6.45) is 1.71. The molecule has 1 aromatic rings. The van der Waals surface area contributed by atoms with Gasteiger partial charge in [0.15, 0.2) is 5.17 Å². The minimum Gasteiger partial charge on any atom is -0.496 e. The number of halogens is 1. The lowest BCUT2D eigenvalue weighted by molar-refractivity contribution is -0.115. The standard InChI is InChI=1S/C11H9BrN2O2S/c1-16-8-3-2-7(12)4-6(8)5-9-10(15)14-11(13)17-9/h2-5H,1H3,(H2,13,14,15). The van der Waals surface area contributed by atoms with Gasteiger partial charge in [0.25, 0.3) is 5.91 Å². The fourth-order valence-corrected chi connectivity index (χ4v) is 2.47. The van der Waals surface area contributed by atoms with Crippen LogP contribution in [0.3, 0.4) is 0 Å². The number of amides is 1. The monoisotopic (exact) mass is 312 g/mol. The minimum absolute atomic E-state index is 0.148. The first-order chi connectivity index (χ1) is 8.10. The van der Waals surface area contributed by atoms with Crippen molar-refractivity contribution in [2.75, 3.05) is 7.11 Å². The lowest BCUT2D eigenvalue weighted by atomic mass is 10.2. The molecule has 0 bridgehead atoms. The normalized spacial score (nSPS) is 17.4. The van der Waals surface area contributed by atoms with Gasteiger partial charge in [0.05, 0.1) is 12.0 Å². The van der Waals surface area contributed by atoms with Gasteiger partial charge in [-0.25, -0.2) is 0 Å². The van der Waals surface area contributed by atoms with Gasteiger partial charge in [-0.1, -0.05) is 15.9 Å². The van der Waals surface area contributed by atoms with E-state index >= 15 is 0 Å². The maximum Gasteiger partial charge on any atom is 0.264 e. The number of methoxy groups -OCH3 is 1. The number of carbonyl (C=O) groups is 1. The van der Waals surface area contributed by atoms with E-state index in [1.807, 2.05) is 18.2 Å². The van der Waals surface area contributed by atoms with Gasteiger partial charge in [-0.15, -0.1) is 0 Å². The van der Waals surface area contributed by atoms with Crippen LogP contribution in [0.15, 0.2) is 27.6 Å². The van der Waals surface area contributed by atoms with E-state index < -0.39 is 0 Å². The summed E-state index contributed by atoms with van der Waals surface area (Å²) < 4.78 is 6.12. The first-order valence-electron chi connectivity index (χ1n) is 4.73. The third-order valence-corrected chi connectivity index (χ3v) is 3.46. The first-order valence-corrected chi connectivity index (χ1v) is 6.34. The molecule has 6 heteroatoms. The van der Waals surface area contributed by atoms with Crippen molar-refractivity contribution in [1.29, 1.82) is 5.41 Å². The van der Waals surface area contributed by atoms with Gasteiger partial charge in [0.1, 0.15) is 5.75 Å². The Kier molecular flexibility index (Phi) is 3.54. The zero-order valence-corrected chi connectivity index (χ0v) is 11.3. The summed E-state index contributed by atoms with van der Waals surface area (Å²) in [6.45, 7) is 0. The van der Waals surface area contributed by atoms with E-state index in [0.29, 0.717) is 10.7 Å². The summed E-state index contributed by atoms with van der Waals surface area (Å²) in [6, 6.07) is 5.55. The van der Waals surface area contributed by atoms with Crippen LogP contribution in [0.5, 0.6) is 5.75 Å². The number of benzene rings is 1. The smallest absolute Gasteiger partial charge is 0.264 e. The predicted molar refractivity (Wildman–Crippen MR) is 72.1 cm³/mol. The van der Waals surface area contributed by atoms with Gasteiger partial charge in [0.2, 0.25) is 0 Å². The molecule has 1 amide bonds. The van der Waals surface area contributed by atoms with Crippen molar-refractivity contribution in [2.24, 2.45) is 0 Å². The average Bonchev–Trinajstić information content (AvgIpc) is 2.58. The predicted octanol–water partition coefficient (Wildman–Crippen LogP) is 2.60. The molecule has 0 unspecified atom stereocenters. The molecule has 0 atom stereocenters. The molecule has 1 aromatic carbocycles. The second kappa shape index (κ2) is 4.93. The average molecular weight is 313 g/mol. The van der Waals surface area contributed by atoms with Gasteiger partial charge >= 0.3 is 0 Å². The largest absolute Gasteiger partial charge is 0.496 e. The summed E-state index contributed by atoms with van der Waals surface area (Å²) in [5.41, 5.74) is 0.800. The Morgan fingerprint density at radius 2 is 2.29 bits per heavy atom. The molecule has 0 aromatic heterocycles. The quantitative estimate of drug-likeness (QED) is 0.825. The molecule has 0 aliphatic carbocycles. The van der Waals surface area contributed by atoms with Crippen LogP contribution < -0.4 is 10.1 Å². The highest BCUT2D eigenvalue weighted by Gasteiger charge is 2.22. The molecule has 1 heterocycles. The molecule has 88 valence electrons. The second-order valence-corrected chi connectivity index (χ2v) is 5.25. The molecule has 1 aliphatic heterocycles. The van der Waals surface area contributed by atoms with E-state index in [1.165, 1.54) is 0 Å². The van der Waals surface area contributed by atoms with Crippen molar-refractivity contribution >= 4 is 44.8 Å². The number of ether oxygens (including phenoxy) is 1. The Morgan fingerprint density at radius 3 is 2.88 bits per heavy atom. The van der Waals surface area contributed by atoms with Crippen molar-refractivity contribution in [2.45, 2.75) is 0 Å². The summed E-state index contributed by atoms with van der Waals surface area (Å²) in [5.74, 6) is 0.439. The van der Waals surface area contributed by atoms with Crippen molar-refractivity contribution < 1.29 is 9.53 Å². The lowest BCUT2D eigenvalue weighted by Gasteiger charge is -2.05. The van der Waals surface area contributed by atoms with Gasteiger partial charge in [-0.2, -0.15) is 0 Å².